The third-order valence-corrected chi connectivity index (χ3v) is 5.34. The maximum Gasteiger partial charge on any atom is 0.252 e. The third kappa shape index (κ3) is 4.57. The Kier molecular flexibility index (Phi) is 8.11. The highest BCUT2D eigenvalue weighted by atomic mass is 35.5. The fourth-order valence-corrected chi connectivity index (χ4v) is 3.74. The van der Waals surface area contributed by atoms with Crippen molar-refractivity contribution in [2.75, 3.05) is 40.5 Å². The van der Waals surface area contributed by atoms with Crippen LogP contribution < -0.4 is 10.6 Å². The fourth-order valence-electron chi connectivity index (χ4n) is 3.74. The molecule has 2 aliphatic rings. The number of rotatable bonds is 7. The summed E-state index contributed by atoms with van der Waals surface area (Å²) < 4.78 is 10.8. The summed E-state index contributed by atoms with van der Waals surface area (Å²) in [6.45, 7) is 3.22. The number of piperidine rings is 1. The summed E-state index contributed by atoms with van der Waals surface area (Å²) in [6, 6.07) is 0. The first kappa shape index (κ1) is 19.7. The Morgan fingerprint density at radius 2 is 1.77 bits per heavy atom. The first-order valence-electron chi connectivity index (χ1n) is 8.20. The molecule has 1 heterocycles. The molecule has 1 saturated carbocycles. The van der Waals surface area contributed by atoms with Crippen LogP contribution in [0.1, 0.15) is 44.9 Å². The smallest absolute Gasteiger partial charge is 0.252 e. The van der Waals surface area contributed by atoms with Gasteiger partial charge in [0.05, 0.1) is 0 Å². The van der Waals surface area contributed by atoms with Gasteiger partial charge in [-0.3, -0.25) is 4.79 Å². The minimum absolute atomic E-state index is 0. The summed E-state index contributed by atoms with van der Waals surface area (Å²) in [5, 5.41) is 6.47. The lowest BCUT2D eigenvalue weighted by Crippen LogP contribution is -2.55. The molecule has 2 N–H and O–H groups in total. The van der Waals surface area contributed by atoms with Crippen molar-refractivity contribution >= 4 is 18.3 Å². The van der Waals surface area contributed by atoms with E-state index in [0.29, 0.717) is 0 Å². The van der Waals surface area contributed by atoms with E-state index >= 15 is 0 Å². The Balaban J connectivity index is 0.00000242. The first-order chi connectivity index (χ1) is 10.2. The van der Waals surface area contributed by atoms with Gasteiger partial charge in [-0.05, 0) is 50.6 Å². The van der Waals surface area contributed by atoms with Crippen LogP contribution in [0.15, 0.2) is 0 Å². The molecule has 5 nitrogen and oxygen atoms in total. The molecular weight excluding hydrogens is 304 g/mol. The van der Waals surface area contributed by atoms with E-state index in [2.05, 4.69) is 10.6 Å². The van der Waals surface area contributed by atoms with Gasteiger partial charge in [0.25, 0.3) is 5.91 Å². The van der Waals surface area contributed by atoms with Crippen molar-refractivity contribution in [1.82, 2.24) is 10.6 Å². The fraction of sp³-hybridized carbons (Fsp3) is 0.938. The van der Waals surface area contributed by atoms with E-state index in [9.17, 15) is 4.79 Å². The number of hydrogen-bond acceptors (Lipinski definition) is 4. The largest absolute Gasteiger partial charge is 0.385 e. The number of carbonyl (C=O) groups excluding carboxylic acids is 1. The summed E-state index contributed by atoms with van der Waals surface area (Å²) in [5.74, 6) is 0.0650. The lowest BCUT2D eigenvalue weighted by atomic mass is 9.82. The van der Waals surface area contributed by atoms with Gasteiger partial charge >= 0.3 is 0 Å². The molecule has 6 heteroatoms. The number of ether oxygens (including phenoxy) is 2. The van der Waals surface area contributed by atoms with Crippen molar-refractivity contribution in [3.05, 3.63) is 0 Å². The van der Waals surface area contributed by atoms with E-state index < -0.39 is 5.60 Å². The van der Waals surface area contributed by atoms with Crippen molar-refractivity contribution in [3.63, 3.8) is 0 Å². The normalized spacial score (nSPS) is 22.8. The number of amides is 1. The van der Waals surface area contributed by atoms with Crippen LogP contribution in [-0.4, -0.2) is 52.0 Å². The highest BCUT2D eigenvalue weighted by molar-refractivity contribution is 5.85. The Morgan fingerprint density at radius 3 is 2.32 bits per heavy atom. The lowest BCUT2D eigenvalue weighted by molar-refractivity contribution is -0.147. The van der Waals surface area contributed by atoms with Crippen molar-refractivity contribution in [2.24, 2.45) is 5.41 Å². The van der Waals surface area contributed by atoms with Crippen LogP contribution in [0.25, 0.3) is 0 Å². The maximum absolute atomic E-state index is 12.6. The van der Waals surface area contributed by atoms with Crippen molar-refractivity contribution in [3.8, 4) is 0 Å². The molecule has 0 radical (unpaired) electrons. The zero-order chi connectivity index (χ0) is 15.2. The topological polar surface area (TPSA) is 59.6 Å². The third-order valence-electron chi connectivity index (χ3n) is 5.34. The van der Waals surface area contributed by atoms with Crippen LogP contribution in [-0.2, 0) is 14.3 Å². The number of hydrogen-bond donors (Lipinski definition) is 2. The average Bonchev–Trinajstić information content (AvgIpc) is 3.00. The molecular formula is C16H31ClN2O3. The number of carbonyl (C=O) groups is 1. The van der Waals surface area contributed by atoms with E-state index in [1.807, 2.05) is 0 Å². The molecule has 0 aromatic rings. The van der Waals surface area contributed by atoms with Gasteiger partial charge in [-0.15, -0.1) is 12.4 Å². The monoisotopic (exact) mass is 334 g/mol. The van der Waals surface area contributed by atoms with Gasteiger partial charge in [-0.2, -0.15) is 0 Å². The Labute approximate surface area is 140 Å². The first-order valence-corrected chi connectivity index (χ1v) is 8.20. The SMILES string of the molecule is COCCC1(CNC(=O)C2(OC)CCNCC2)CCCC1.Cl. The lowest BCUT2D eigenvalue weighted by Gasteiger charge is -2.36. The molecule has 0 unspecified atom stereocenters. The van der Waals surface area contributed by atoms with Crippen LogP contribution in [0.2, 0.25) is 0 Å². The molecule has 0 bridgehead atoms. The van der Waals surface area contributed by atoms with Crippen LogP contribution in [0.5, 0.6) is 0 Å². The molecule has 1 aliphatic carbocycles. The molecule has 1 saturated heterocycles. The van der Waals surface area contributed by atoms with E-state index in [0.717, 1.165) is 45.5 Å². The zero-order valence-electron chi connectivity index (χ0n) is 13.9. The van der Waals surface area contributed by atoms with E-state index in [4.69, 9.17) is 9.47 Å². The predicted octanol–water partition coefficient (Wildman–Crippen LogP) is 1.89. The van der Waals surface area contributed by atoms with Crippen LogP contribution in [0.3, 0.4) is 0 Å². The Morgan fingerprint density at radius 1 is 1.14 bits per heavy atom. The van der Waals surface area contributed by atoms with Gasteiger partial charge in [0.15, 0.2) is 0 Å². The second-order valence-electron chi connectivity index (χ2n) is 6.58. The summed E-state index contributed by atoms with van der Waals surface area (Å²) in [6.07, 6.45) is 7.44. The minimum atomic E-state index is -0.633. The molecule has 130 valence electrons. The van der Waals surface area contributed by atoms with Gasteiger partial charge in [-0.1, -0.05) is 12.8 Å². The quantitative estimate of drug-likeness (QED) is 0.746. The van der Waals surface area contributed by atoms with Crippen LogP contribution in [0, 0.1) is 5.41 Å². The zero-order valence-corrected chi connectivity index (χ0v) is 14.7. The van der Waals surface area contributed by atoms with Crippen LogP contribution in [0.4, 0.5) is 0 Å². The van der Waals surface area contributed by atoms with Gasteiger partial charge < -0.3 is 20.1 Å². The Hall–Kier alpha value is -0.360. The summed E-state index contributed by atoms with van der Waals surface area (Å²) in [5.41, 5.74) is -0.403. The Bertz CT molecular complexity index is 340. The molecule has 2 rings (SSSR count). The molecule has 0 aromatic carbocycles. The second-order valence-corrected chi connectivity index (χ2v) is 6.58. The molecule has 22 heavy (non-hydrogen) atoms. The van der Waals surface area contributed by atoms with Crippen LogP contribution >= 0.6 is 12.4 Å². The van der Waals surface area contributed by atoms with E-state index in [1.165, 1.54) is 25.7 Å². The number of nitrogens with one attached hydrogen (secondary N) is 2. The minimum Gasteiger partial charge on any atom is -0.385 e. The van der Waals surface area contributed by atoms with Crippen molar-refractivity contribution in [1.29, 1.82) is 0 Å². The highest BCUT2D eigenvalue weighted by Gasteiger charge is 2.41. The van der Waals surface area contributed by atoms with Gasteiger partial charge in [0, 0.05) is 27.4 Å². The molecule has 1 amide bonds. The van der Waals surface area contributed by atoms with Gasteiger partial charge in [-0.25, -0.2) is 0 Å². The second kappa shape index (κ2) is 9.06. The summed E-state index contributed by atoms with van der Waals surface area (Å²) in [4.78, 5) is 12.6. The summed E-state index contributed by atoms with van der Waals surface area (Å²) in [7, 11) is 3.40. The predicted molar refractivity (Wildman–Crippen MR) is 89.5 cm³/mol. The van der Waals surface area contributed by atoms with E-state index in [-0.39, 0.29) is 23.7 Å². The highest BCUT2D eigenvalue weighted by Crippen LogP contribution is 2.40. The van der Waals surface area contributed by atoms with Crippen molar-refractivity contribution in [2.45, 2.75) is 50.5 Å². The van der Waals surface area contributed by atoms with Gasteiger partial charge in [0.2, 0.25) is 0 Å². The summed E-state index contributed by atoms with van der Waals surface area (Å²) >= 11 is 0. The molecule has 0 atom stereocenters. The van der Waals surface area contributed by atoms with Gasteiger partial charge in [0.1, 0.15) is 5.60 Å². The number of methoxy groups -OCH3 is 2. The molecule has 0 aromatic heterocycles. The number of halogens is 1. The molecule has 0 spiro atoms. The molecule has 2 fully saturated rings. The molecule has 1 aliphatic heterocycles. The average molecular weight is 335 g/mol. The van der Waals surface area contributed by atoms with E-state index in [1.54, 1.807) is 14.2 Å². The maximum atomic E-state index is 12.6. The standard InChI is InChI=1S/C16H30N2O3.ClH/c1-20-12-9-15(5-3-4-6-15)13-18-14(19)16(21-2)7-10-17-11-8-16;/h17H,3-13H2,1-2H3,(H,18,19);1H. The van der Waals surface area contributed by atoms with Crippen molar-refractivity contribution < 1.29 is 14.3 Å².